The number of carbonyl (C=O) groups excluding carboxylic acids is 2. The molecule has 2 aromatic rings. The van der Waals surface area contributed by atoms with Gasteiger partial charge in [0, 0.05) is 21.1 Å². The molecule has 0 fully saturated rings. The van der Waals surface area contributed by atoms with Crippen LogP contribution < -0.4 is 10.1 Å². The fraction of sp³-hybridized carbons (Fsp3) is 0.222. The van der Waals surface area contributed by atoms with Crippen LogP contribution in [0.1, 0.15) is 15.9 Å². The number of hydrogen-bond donors (Lipinski definition) is 1. The molecule has 25 heavy (non-hydrogen) atoms. The highest BCUT2D eigenvalue weighted by molar-refractivity contribution is 9.10. The molecule has 132 valence electrons. The Balaban J connectivity index is 1.88. The van der Waals surface area contributed by atoms with E-state index in [1.165, 1.54) is 18.9 Å². The average molecular weight is 443 g/mol. The number of aryl methyl sites for hydroxylation is 1. The molecule has 0 atom stereocenters. The smallest absolute Gasteiger partial charge is 0.234 e. The van der Waals surface area contributed by atoms with Crippen molar-refractivity contribution < 1.29 is 14.3 Å². The number of amides is 1. The number of methoxy groups -OCH3 is 1. The van der Waals surface area contributed by atoms with Gasteiger partial charge in [0.1, 0.15) is 5.75 Å². The molecular formula is C18H17BrClNO3S. The van der Waals surface area contributed by atoms with Gasteiger partial charge in [0.15, 0.2) is 5.78 Å². The molecule has 0 radical (unpaired) electrons. The Bertz CT molecular complexity index is 781. The first kappa shape index (κ1) is 19.8. The molecule has 0 aliphatic rings. The van der Waals surface area contributed by atoms with E-state index in [1.807, 2.05) is 19.1 Å². The van der Waals surface area contributed by atoms with E-state index in [-0.39, 0.29) is 23.2 Å². The molecule has 0 spiro atoms. The van der Waals surface area contributed by atoms with E-state index in [0.29, 0.717) is 22.0 Å². The van der Waals surface area contributed by atoms with Gasteiger partial charge in [-0.05, 0) is 30.7 Å². The van der Waals surface area contributed by atoms with Gasteiger partial charge in [0.2, 0.25) is 5.91 Å². The van der Waals surface area contributed by atoms with Crippen molar-refractivity contribution in [1.29, 1.82) is 0 Å². The summed E-state index contributed by atoms with van der Waals surface area (Å²) < 4.78 is 6.15. The molecule has 2 aromatic carbocycles. The van der Waals surface area contributed by atoms with Gasteiger partial charge in [-0.15, -0.1) is 11.8 Å². The van der Waals surface area contributed by atoms with Crippen molar-refractivity contribution in [3.8, 4) is 5.75 Å². The lowest BCUT2D eigenvalue weighted by molar-refractivity contribution is -0.113. The second kappa shape index (κ2) is 9.27. The third kappa shape index (κ3) is 5.76. The van der Waals surface area contributed by atoms with Crippen molar-refractivity contribution in [2.24, 2.45) is 0 Å². The van der Waals surface area contributed by atoms with Crippen LogP contribution in [0.3, 0.4) is 0 Å². The Morgan fingerprint density at radius 2 is 1.88 bits per heavy atom. The van der Waals surface area contributed by atoms with Crippen LogP contribution in [0.25, 0.3) is 0 Å². The largest absolute Gasteiger partial charge is 0.495 e. The van der Waals surface area contributed by atoms with Crippen LogP contribution in [-0.4, -0.2) is 30.3 Å². The Labute approximate surface area is 164 Å². The number of hydrogen-bond acceptors (Lipinski definition) is 4. The topological polar surface area (TPSA) is 55.4 Å². The van der Waals surface area contributed by atoms with Gasteiger partial charge in [-0.3, -0.25) is 9.59 Å². The van der Waals surface area contributed by atoms with E-state index in [2.05, 4.69) is 21.2 Å². The number of anilines is 1. The first-order valence-electron chi connectivity index (χ1n) is 7.41. The Morgan fingerprint density at radius 3 is 2.52 bits per heavy atom. The van der Waals surface area contributed by atoms with Crippen LogP contribution in [0, 0.1) is 6.92 Å². The van der Waals surface area contributed by atoms with Gasteiger partial charge >= 0.3 is 0 Å². The first-order valence-corrected chi connectivity index (χ1v) is 9.73. The minimum absolute atomic E-state index is 0.00906. The summed E-state index contributed by atoms with van der Waals surface area (Å²) in [5, 5.41) is 3.36. The van der Waals surface area contributed by atoms with Gasteiger partial charge in [-0.1, -0.05) is 39.7 Å². The number of benzene rings is 2. The van der Waals surface area contributed by atoms with Crippen molar-refractivity contribution in [1.82, 2.24) is 0 Å². The monoisotopic (exact) mass is 441 g/mol. The lowest BCUT2D eigenvalue weighted by atomic mass is 10.2. The molecule has 0 aliphatic carbocycles. The average Bonchev–Trinajstić information content (AvgIpc) is 2.58. The number of carbonyl (C=O) groups is 2. The second-order valence-corrected chi connectivity index (χ2v) is 7.58. The summed E-state index contributed by atoms with van der Waals surface area (Å²) in [5.74, 6) is 0.706. The molecule has 2 rings (SSSR count). The fourth-order valence-corrected chi connectivity index (χ4v) is 3.20. The molecule has 0 aliphatic heterocycles. The van der Waals surface area contributed by atoms with Gasteiger partial charge in [-0.25, -0.2) is 0 Å². The van der Waals surface area contributed by atoms with Crippen LogP contribution in [0.15, 0.2) is 40.9 Å². The second-order valence-electron chi connectivity index (χ2n) is 5.27. The van der Waals surface area contributed by atoms with E-state index in [4.69, 9.17) is 16.3 Å². The Kier molecular flexibility index (Phi) is 7.35. The quantitative estimate of drug-likeness (QED) is 0.615. The van der Waals surface area contributed by atoms with E-state index < -0.39 is 0 Å². The van der Waals surface area contributed by atoms with Crippen LogP contribution in [-0.2, 0) is 4.79 Å². The standard InChI is InChI=1S/C18H17BrClNO3S/c1-11-7-15(17(24-2)8-14(11)20)21-18(23)10-25-9-16(22)12-3-5-13(19)6-4-12/h3-8H,9-10H2,1-2H3,(H,21,23). The predicted molar refractivity (Wildman–Crippen MR) is 107 cm³/mol. The molecule has 7 heteroatoms. The summed E-state index contributed by atoms with van der Waals surface area (Å²) in [4.78, 5) is 24.2. The number of rotatable bonds is 7. The van der Waals surface area contributed by atoms with Gasteiger partial charge < -0.3 is 10.1 Å². The van der Waals surface area contributed by atoms with Crippen molar-refractivity contribution in [3.05, 3.63) is 57.0 Å². The van der Waals surface area contributed by atoms with Crippen LogP contribution >= 0.6 is 39.3 Å². The van der Waals surface area contributed by atoms with E-state index in [9.17, 15) is 9.59 Å². The van der Waals surface area contributed by atoms with E-state index >= 15 is 0 Å². The highest BCUT2D eigenvalue weighted by Crippen LogP contribution is 2.31. The fourth-order valence-electron chi connectivity index (χ4n) is 2.07. The van der Waals surface area contributed by atoms with Crippen molar-refractivity contribution in [2.75, 3.05) is 23.9 Å². The lowest BCUT2D eigenvalue weighted by Crippen LogP contribution is -2.16. The van der Waals surface area contributed by atoms with Crippen LogP contribution in [0.2, 0.25) is 5.02 Å². The molecule has 0 aromatic heterocycles. The molecule has 1 amide bonds. The highest BCUT2D eigenvalue weighted by Gasteiger charge is 2.12. The molecule has 4 nitrogen and oxygen atoms in total. The number of nitrogens with one attached hydrogen (secondary N) is 1. The summed E-state index contributed by atoms with van der Waals surface area (Å²) >= 11 is 10.6. The van der Waals surface area contributed by atoms with Crippen LogP contribution in [0.4, 0.5) is 5.69 Å². The maximum atomic E-state index is 12.1. The molecule has 1 N–H and O–H groups in total. The lowest BCUT2D eigenvalue weighted by Gasteiger charge is -2.12. The Hall–Kier alpha value is -1.50. The van der Waals surface area contributed by atoms with Crippen LogP contribution in [0.5, 0.6) is 5.75 Å². The molecule has 0 heterocycles. The van der Waals surface area contributed by atoms with Gasteiger partial charge in [-0.2, -0.15) is 0 Å². The summed E-state index contributed by atoms with van der Waals surface area (Å²) in [6, 6.07) is 10.6. The maximum Gasteiger partial charge on any atom is 0.234 e. The zero-order valence-corrected chi connectivity index (χ0v) is 16.9. The zero-order chi connectivity index (χ0) is 18.4. The zero-order valence-electron chi connectivity index (χ0n) is 13.8. The van der Waals surface area contributed by atoms with Gasteiger partial charge in [0.05, 0.1) is 24.3 Å². The number of halogens is 2. The number of ketones is 1. The number of thioether (sulfide) groups is 1. The maximum absolute atomic E-state index is 12.1. The minimum Gasteiger partial charge on any atom is -0.495 e. The van der Waals surface area contributed by atoms with E-state index in [1.54, 1.807) is 24.3 Å². The summed E-state index contributed by atoms with van der Waals surface area (Å²) in [6.45, 7) is 1.85. The minimum atomic E-state index is -0.200. The summed E-state index contributed by atoms with van der Waals surface area (Å²) in [5.41, 5.74) is 2.04. The Morgan fingerprint density at radius 1 is 1.20 bits per heavy atom. The van der Waals surface area contributed by atoms with Crippen molar-refractivity contribution in [3.63, 3.8) is 0 Å². The highest BCUT2D eigenvalue weighted by atomic mass is 79.9. The third-order valence-electron chi connectivity index (χ3n) is 3.39. The molecule has 0 saturated heterocycles. The summed E-state index contributed by atoms with van der Waals surface area (Å²) in [6.07, 6.45) is 0. The molecular weight excluding hydrogens is 426 g/mol. The predicted octanol–water partition coefficient (Wildman–Crippen LogP) is 4.97. The van der Waals surface area contributed by atoms with Crippen molar-refractivity contribution >= 4 is 56.7 Å². The third-order valence-corrected chi connectivity index (χ3v) is 5.26. The molecule has 0 bridgehead atoms. The SMILES string of the molecule is COc1cc(Cl)c(C)cc1NC(=O)CSCC(=O)c1ccc(Br)cc1. The number of ether oxygens (including phenoxy) is 1. The first-order chi connectivity index (χ1) is 11.9. The van der Waals surface area contributed by atoms with Crippen molar-refractivity contribution in [2.45, 2.75) is 6.92 Å². The molecule has 0 saturated carbocycles. The summed E-state index contributed by atoms with van der Waals surface area (Å²) in [7, 11) is 1.52. The molecule has 0 unspecified atom stereocenters. The van der Waals surface area contributed by atoms with E-state index in [0.717, 1.165) is 10.0 Å². The van der Waals surface area contributed by atoms with Gasteiger partial charge in [0.25, 0.3) is 0 Å². The number of Topliss-reactive ketones (excluding diaryl/α,β-unsaturated/α-hetero) is 1. The normalized spacial score (nSPS) is 10.4.